The third-order valence-corrected chi connectivity index (χ3v) is 26.7. The van der Waals surface area contributed by atoms with Gasteiger partial charge in [-0.25, -0.2) is 13.2 Å². The van der Waals surface area contributed by atoms with E-state index in [1.54, 1.807) is 0 Å². The van der Waals surface area contributed by atoms with Crippen LogP contribution in [0.1, 0.15) is 291 Å². The van der Waals surface area contributed by atoms with E-state index in [1.807, 2.05) is 75.6 Å². The molecule has 0 spiro atoms. The van der Waals surface area contributed by atoms with Crippen molar-refractivity contribution in [1.29, 1.82) is 0 Å². The highest BCUT2D eigenvalue weighted by Gasteiger charge is 2.40. The fraction of sp³-hybridized carbons (Fsp3) is 0.688. The molecule has 0 radical (unpaired) electrons. The number of alkyl halides is 3. The van der Waals surface area contributed by atoms with Crippen LogP contribution in [0.2, 0.25) is 0 Å². The molecule has 25 nitrogen and oxygen atoms in total. The number of aliphatic hydroxyl groups is 4. The summed E-state index contributed by atoms with van der Waals surface area (Å²) in [4.78, 5) is 62.9. The smallest absolute Gasteiger partial charge is 0.141 e. The Morgan fingerprint density at radius 1 is 0.271 bits per heavy atom. The molecule has 7 aliphatic heterocycles. The van der Waals surface area contributed by atoms with E-state index in [1.165, 1.54) is 22.7 Å². The maximum atomic E-state index is 14.9. The third kappa shape index (κ3) is 38.5. The molecule has 7 saturated heterocycles. The van der Waals surface area contributed by atoms with Gasteiger partial charge in [-0.1, -0.05) is 96.9 Å². The molecule has 2 unspecified atom stereocenters. The maximum Gasteiger partial charge on any atom is 0.141 e. The minimum absolute atomic E-state index is 0.133. The van der Waals surface area contributed by atoms with Gasteiger partial charge in [-0.05, 0) is 315 Å². The Hall–Kier alpha value is -8.00. The predicted molar refractivity (Wildman–Crippen MR) is 579 cm³/mol. The van der Waals surface area contributed by atoms with Crippen molar-refractivity contribution in [3.63, 3.8) is 0 Å². The Bertz CT molecular complexity index is 4310. The average Bonchev–Trinajstić information content (AvgIpc) is 0.823. The zero-order chi connectivity index (χ0) is 103. The quantitative estimate of drug-likeness (QED) is 0.0358. The van der Waals surface area contributed by atoms with Crippen molar-refractivity contribution >= 4 is 39.8 Å². The van der Waals surface area contributed by atoms with Crippen LogP contribution in [-0.2, 0) is 26.2 Å². The van der Waals surface area contributed by atoms with Crippen molar-refractivity contribution in [3.05, 3.63) is 166 Å². The molecule has 7 aliphatic rings. The van der Waals surface area contributed by atoms with Crippen LogP contribution in [-0.4, -0.2) is 341 Å². The Kier molecular flexibility index (Phi) is 47.3. The highest BCUT2D eigenvalue weighted by molar-refractivity contribution is 5.56. The molecule has 0 amide bonds. The van der Waals surface area contributed by atoms with Crippen LogP contribution in [0.15, 0.2) is 104 Å². The summed E-state index contributed by atoms with van der Waals surface area (Å²) < 4.78 is 44.6. The number of hydrogen-bond donors (Lipinski definition) is 4. The lowest BCUT2D eigenvalue weighted by Crippen LogP contribution is -2.50. The Labute approximate surface area is 844 Å². The Morgan fingerprint density at radius 3 is 0.693 bits per heavy atom. The van der Waals surface area contributed by atoms with Crippen LogP contribution in [0.25, 0.3) is 0 Å². The molecule has 7 aromatic heterocycles. The van der Waals surface area contributed by atoms with E-state index in [4.69, 9.17) is 19.9 Å². The molecular weight excluding hydrogens is 1760 g/mol. The molecule has 14 heterocycles. The standard InChI is InChI=1S/3C16H26FN3.4C16H27N3O/c3*1-13(2)15-7-6-14(10-18-15)20-9-5-8-16(17,12-20)11-19(3)4;1-12(2)14-5-6-16(15(17-14)11-18(3)4)19-9-7-13(20)8-10-19;3*1-12(2)14-7-8-16(15(17-14)11-18(3)4)19-9-5-6-13(20)10-19/h3*6-7,10,13H,5,8-9,11-12H2,1-4H3;5-6,12-13,20H,7-11H2,1-4H3;3*7-8,12-13,20H,5-6,9-11H2,1-4H3/t2*16-;;;2*13-;/m10..10./s1. The highest BCUT2D eigenvalue weighted by atomic mass is 19.2. The molecule has 4 N–H and O–H groups in total. The summed E-state index contributed by atoms with van der Waals surface area (Å²) >= 11 is 0. The number of aliphatic hydroxyl groups excluding tert-OH is 4. The van der Waals surface area contributed by atoms with Gasteiger partial charge in [0.15, 0.2) is 0 Å². The van der Waals surface area contributed by atoms with Crippen molar-refractivity contribution < 1.29 is 33.6 Å². The first-order valence-corrected chi connectivity index (χ1v) is 52.5. The molecule has 784 valence electrons. The van der Waals surface area contributed by atoms with Gasteiger partial charge in [0.25, 0.3) is 0 Å². The second-order valence-electron chi connectivity index (χ2n) is 44.9. The van der Waals surface area contributed by atoms with E-state index < -0.39 is 17.0 Å². The van der Waals surface area contributed by atoms with Crippen molar-refractivity contribution in [3.8, 4) is 0 Å². The van der Waals surface area contributed by atoms with Crippen LogP contribution in [0.5, 0.6) is 0 Å². The molecule has 6 atom stereocenters. The Balaban J connectivity index is 0.000000200. The predicted octanol–water partition coefficient (Wildman–Crippen LogP) is 18.1. The summed E-state index contributed by atoms with van der Waals surface area (Å²) in [5.74, 6) is 3.07. The van der Waals surface area contributed by atoms with Gasteiger partial charge in [0.1, 0.15) is 17.0 Å². The number of anilines is 7. The minimum atomic E-state index is -1.11. The zero-order valence-corrected chi connectivity index (χ0v) is 91.7. The topological polar surface area (TPSA) is 217 Å². The summed E-state index contributed by atoms with van der Waals surface area (Å²) in [5, 5.41) is 39.3. The first kappa shape index (κ1) is 117. The molecule has 0 saturated carbocycles. The number of β-amino-alcohol motifs (C(OH)–C–C–N with tert-alkyl or cyclic N) is 3. The van der Waals surface area contributed by atoms with Crippen LogP contribution in [0.3, 0.4) is 0 Å². The van der Waals surface area contributed by atoms with Crippen LogP contribution in [0.4, 0.5) is 53.0 Å². The lowest BCUT2D eigenvalue weighted by Gasteiger charge is -2.39. The molecule has 140 heavy (non-hydrogen) atoms. The van der Waals surface area contributed by atoms with E-state index in [9.17, 15) is 33.6 Å². The van der Waals surface area contributed by atoms with Gasteiger partial charge >= 0.3 is 0 Å². The van der Waals surface area contributed by atoms with Gasteiger partial charge in [0, 0.05) is 158 Å². The maximum absolute atomic E-state index is 14.9. The first-order valence-electron chi connectivity index (χ1n) is 52.5. The summed E-state index contributed by atoms with van der Waals surface area (Å²) in [6.45, 7) is 46.2. The van der Waals surface area contributed by atoms with Crippen LogP contribution < -0.4 is 34.3 Å². The van der Waals surface area contributed by atoms with Gasteiger partial charge in [-0.3, -0.25) is 34.9 Å². The van der Waals surface area contributed by atoms with E-state index in [2.05, 4.69) is 307 Å². The average molecular weight is 1950 g/mol. The van der Waals surface area contributed by atoms with E-state index >= 15 is 0 Å². The monoisotopic (exact) mass is 1950 g/mol. The SMILES string of the molecule is CC(C)c1ccc(N2CCC(O)CC2)c(CN(C)C)n1.CC(C)c1ccc(N2CCCC(F)(CN(C)C)C2)cn1.CC(C)c1ccc(N2CCCC(O)C2)c(CN(C)C)n1.CC(C)c1ccc(N2CCC[C@@H](O)C2)c(CN(C)C)n1.CC(C)c1ccc(N2CCC[C@@](F)(CN(C)C)C2)cn1.CC(C)c1ccc(N2CCC[C@H](O)C2)c(CN(C)C)n1.CC(C)c1ccc(N2CCC[C@](F)(CN(C)C)C2)cn1. The van der Waals surface area contributed by atoms with Gasteiger partial charge < -0.3 is 89.0 Å². The van der Waals surface area contributed by atoms with Crippen molar-refractivity contribution in [2.75, 3.05) is 244 Å². The second kappa shape index (κ2) is 56.5. The summed E-state index contributed by atoms with van der Waals surface area (Å²) in [6, 6.07) is 29.7. The van der Waals surface area contributed by atoms with E-state index in [-0.39, 0.29) is 24.4 Å². The fourth-order valence-corrected chi connectivity index (χ4v) is 19.6. The number of pyridine rings is 7. The number of halogens is 3. The van der Waals surface area contributed by atoms with Crippen molar-refractivity contribution in [1.82, 2.24) is 69.2 Å². The largest absolute Gasteiger partial charge is 0.393 e. The minimum Gasteiger partial charge on any atom is -0.393 e. The first-order chi connectivity index (χ1) is 66.1. The lowest BCUT2D eigenvalue weighted by molar-refractivity contribution is 0.0974. The van der Waals surface area contributed by atoms with E-state index in [0.29, 0.717) is 100.0 Å². The van der Waals surface area contributed by atoms with Crippen LogP contribution in [0, 0.1) is 0 Å². The number of nitrogens with zero attached hydrogens (tertiary/aromatic N) is 21. The van der Waals surface area contributed by atoms with Gasteiger partial charge in [-0.15, -0.1) is 0 Å². The summed E-state index contributed by atoms with van der Waals surface area (Å²) in [6.07, 6.45) is 17.2. The number of piperidine rings is 7. The normalized spacial score (nSPS) is 21.1. The summed E-state index contributed by atoms with van der Waals surface area (Å²) in [5.41, 5.74) is 16.9. The van der Waals surface area contributed by atoms with Crippen LogP contribution >= 0.6 is 0 Å². The molecule has 14 rings (SSSR count). The van der Waals surface area contributed by atoms with Gasteiger partial charge in [0.2, 0.25) is 0 Å². The number of rotatable bonds is 28. The summed E-state index contributed by atoms with van der Waals surface area (Å²) in [7, 11) is 28.1. The molecule has 7 aromatic rings. The molecule has 0 bridgehead atoms. The number of hydrogen-bond acceptors (Lipinski definition) is 25. The third-order valence-electron chi connectivity index (χ3n) is 26.7. The molecule has 28 heteroatoms. The van der Waals surface area contributed by atoms with Crippen molar-refractivity contribution in [2.24, 2.45) is 0 Å². The van der Waals surface area contributed by atoms with Gasteiger partial charge in [0.05, 0.1) is 125 Å². The fourth-order valence-electron chi connectivity index (χ4n) is 19.6. The van der Waals surface area contributed by atoms with Gasteiger partial charge in [-0.2, -0.15) is 0 Å². The highest BCUT2D eigenvalue weighted by Crippen LogP contribution is 2.37. The second-order valence-corrected chi connectivity index (χ2v) is 44.9. The molecule has 0 aliphatic carbocycles. The number of aromatic nitrogens is 7. The lowest BCUT2D eigenvalue weighted by atomic mass is 9.94. The van der Waals surface area contributed by atoms with E-state index in [0.717, 1.165) is 248 Å². The Morgan fingerprint density at radius 2 is 0.493 bits per heavy atom. The molecular formula is C112H186F3N21O4. The molecule has 0 aromatic carbocycles. The molecule has 7 fully saturated rings. The van der Waals surface area contributed by atoms with Crippen molar-refractivity contribution in [2.45, 2.75) is 296 Å². The zero-order valence-electron chi connectivity index (χ0n) is 91.7.